The lowest BCUT2D eigenvalue weighted by Gasteiger charge is -2.15. The van der Waals surface area contributed by atoms with Crippen LogP contribution in [0.25, 0.3) is 11.2 Å². The Hall–Kier alpha value is -1.88. The van der Waals surface area contributed by atoms with Crippen LogP contribution in [0, 0.1) is 0 Å². The highest BCUT2D eigenvalue weighted by molar-refractivity contribution is 5.74. The van der Waals surface area contributed by atoms with Gasteiger partial charge in [-0.05, 0) is 5.21 Å². The van der Waals surface area contributed by atoms with E-state index in [1.165, 1.54) is 10.9 Å². The second-order valence-electron chi connectivity index (χ2n) is 4.17. The van der Waals surface area contributed by atoms with Crippen molar-refractivity contribution in [1.82, 2.24) is 25.0 Å². The molecule has 10 heteroatoms. The smallest absolute Gasteiger partial charge is 0.262 e. The van der Waals surface area contributed by atoms with Crippen LogP contribution in [0.4, 0.5) is 0 Å². The summed E-state index contributed by atoms with van der Waals surface area (Å²) >= 11 is 0. The van der Waals surface area contributed by atoms with Crippen molar-refractivity contribution in [3.8, 4) is 5.88 Å². The lowest BCUT2D eigenvalue weighted by Crippen LogP contribution is -2.33. The van der Waals surface area contributed by atoms with Crippen LogP contribution in [0.1, 0.15) is 6.23 Å². The molecular formula is C9H11N5O5. The minimum atomic E-state index is -1.26. The zero-order chi connectivity index (χ0) is 13.6. The number of fused-ring (bicyclic) bond motifs is 1. The third-order valence-electron chi connectivity index (χ3n) is 3.05. The maximum absolute atomic E-state index is 9.90. The van der Waals surface area contributed by atoms with Crippen LogP contribution in [-0.2, 0) is 4.74 Å². The average molecular weight is 269 g/mol. The lowest BCUT2D eigenvalue weighted by atomic mass is 10.1. The maximum Gasteiger partial charge on any atom is 0.262 e. The van der Waals surface area contributed by atoms with Crippen LogP contribution in [-0.4, -0.2) is 70.3 Å². The Kier molecular flexibility index (Phi) is 2.78. The van der Waals surface area contributed by atoms with Crippen molar-refractivity contribution in [2.45, 2.75) is 24.5 Å². The number of rotatable bonds is 2. The molecule has 102 valence electrons. The normalized spacial score (nSPS) is 31.1. The van der Waals surface area contributed by atoms with Crippen LogP contribution in [0.3, 0.4) is 0 Å². The fourth-order valence-electron chi connectivity index (χ4n) is 2.06. The van der Waals surface area contributed by atoms with Gasteiger partial charge >= 0.3 is 0 Å². The van der Waals surface area contributed by atoms with Gasteiger partial charge in [0.05, 0.1) is 12.9 Å². The van der Waals surface area contributed by atoms with Crippen LogP contribution in [0.2, 0.25) is 0 Å². The van der Waals surface area contributed by atoms with E-state index in [1.54, 1.807) is 0 Å². The first-order valence-corrected chi connectivity index (χ1v) is 5.50. The second kappa shape index (κ2) is 4.35. The predicted octanol–water partition coefficient (Wildman–Crippen LogP) is -2.46. The third-order valence-corrected chi connectivity index (χ3v) is 3.05. The Morgan fingerprint density at radius 3 is 2.74 bits per heavy atom. The SMILES string of the molecule is OC[C@H]1O[C@@H](n2cnc3c(O)nnnc32)[C@H](O)[C@@H]1O. The number of ether oxygens (including phenoxy) is 1. The standard InChI is InChI=1S/C9H11N5O5/c15-1-3-5(16)6(17)9(19-3)14-2-10-4-7(14)11-13-12-8(4)18/h2-3,5-6,9,15-17H,1H2,(H,11,12,18)/t3-,5-,6-,9-/m1/s1. The fourth-order valence-corrected chi connectivity index (χ4v) is 2.06. The average Bonchev–Trinajstić information content (AvgIpc) is 2.94. The molecule has 2 aromatic heterocycles. The highest BCUT2D eigenvalue weighted by atomic mass is 16.6. The van der Waals surface area contributed by atoms with Gasteiger partial charge in [0, 0.05) is 0 Å². The topological polar surface area (TPSA) is 147 Å². The number of imidazole rings is 1. The minimum Gasteiger partial charge on any atom is -0.491 e. The summed E-state index contributed by atoms with van der Waals surface area (Å²) < 4.78 is 6.64. The largest absolute Gasteiger partial charge is 0.491 e. The summed E-state index contributed by atoms with van der Waals surface area (Å²) in [6.07, 6.45) is -3.09. The molecule has 3 rings (SSSR count). The Morgan fingerprint density at radius 1 is 1.26 bits per heavy atom. The van der Waals surface area contributed by atoms with Gasteiger partial charge in [-0.1, -0.05) is 5.10 Å². The first kappa shape index (κ1) is 12.2. The quantitative estimate of drug-likeness (QED) is 0.466. The molecule has 0 amide bonds. The number of aromatic hydroxyl groups is 1. The molecule has 3 heterocycles. The molecule has 10 nitrogen and oxygen atoms in total. The molecular weight excluding hydrogens is 258 g/mol. The van der Waals surface area contributed by atoms with Crippen LogP contribution < -0.4 is 0 Å². The van der Waals surface area contributed by atoms with E-state index in [0.29, 0.717) is 0 Å². The predicted molar refractivity (Wildman–Crippen MR) is 57.8 cm³/mol. The Morgan fingerprint density at radius 2 is 2.05 bits per heavy atom. The zero-order valence-electron chi connectivity index (χ0n) is 9.53. The van der Waals surface area contributed by atoms with Gasteiger partial charge in [0.2, 0.25) is 0 Å². The van der Waals surface area contributed by atoms with Gasteiger partial charge in [0.25, 0.3) is 5.88 Å². The molecule has 1 aliphatic heterocycles. The summed E-state index contributed by atoms with van der Waals surface area (Å²) in [6.45, 7) is -0.431. The molecule has 19 heavy (non-hydrogen) atoms. The minimum absolute atomic E-state index is 0.104. The molecule has 0 spiro atoms. The summed E-state index contributed by atoms with van der Waals surface area (Å²) in [5, 5.41) is 48.5. The van der Waals surface area contributed by atoms with E-state index < -0.39 is 37.0 Å². The Bertz CT molecular complexity index is 604. The fraction of sp³-hybridized carbons (Fsp3) is 0.556. The number of nitrogens with zero attached hydrogens (tertiary/aromatic N) is 5. The number of aliphatic hydroxyl groups is 3. The molecule has 1 saturated heterocycles. The molecule has 0 unspecified atom stereocenters. The summed E-state index contributed by atoms with van der Waals surface area (Å²) in [5.74, 6) is -0.393. The number of hydrogen-bond acceptors (Lipinski definition) is 9. The van der Waals surface area contributed by atoms with Gasteiger partial charge in [-0.3, -0.25) is 4.57 Å². The zero-order valence-corrected chi connectivity index (χ0v) is 9.53. The van der Waals surface area contributed by atoms with Crippen molar-refractivity contribution in [3.05, 3.63) is 6.33 Å². The molecule has 0 bridgehead atoms. The molecule has 0 radical (unpaired) electrons. The first-order chi connectivity index (χ1) is 9.13. The maximum atomic E-state index is 9.90. The molecule has 0 saturated carbocycles. The molecule has 2 aromatic rings. The van der Waals surface area contributed by atoms with Gasteiger partial charge in [-0.2, -0.15) is 0 Å². The molecule has 4 atom stereocenters. The van der Waals surface area contributed by atoms with Crippen LogP contribution in [0.5, 0.6) is 5.88 Å². The molecule has 4 N–H and O–H groups in total. The van der Waals surface area contributed by atoms with Gasteiger partial charge in [-0.25, -0.2) is 4.98 Å². The van der Waals surface area contributed by atoms with Crippen molar-refractivity contribution >= 4 is 11.2 Å². The van der Waals surface area contributed by atoms with Crippen LogP contribution >= 0.6 is 0 Å². The van der Waals surface area contributed by atoms with Crippen molar-refractivity contribution in [3.63, 3.8) is 0 Å². The van der Waals surface area contributed by atoms with Gasteiger partial charge in [-0.15, -0.1) is 5.10 Å². The van der Waals surface area contributed by atoms with Crippen molar-refractivity contribution < 1.29 is 25.2 Å². The van der Waals surface area contributed by atoms with E-state index in [1.807, 2.05) is 0 Å². The number of aromatic nitrogens is 5. The molecule has 0 aromatic carbocycles. The first-order valence-electron chi connectivity index (χ1n) is 5.50. The number of aliphatic hydroxyl groups excluding tert-OH is 3. The van der Waals surface area contributed by atoms with Crippen molar-refractivity contribution in [2.75, 3.05) is 6.61 Å². The van der Waals surface area contributed by atoms with E-state index in [9.17, 15) is 15.3 Å². The van der Waals surface area contributed by atoms with Gasteiger partial charge < -0.3 is 25.2 Å². The lowest BCUT2D eigenvalue weighted by molar-refractivity contribution is -0.0511. The van der Waals surface area contributed by atoms with E-state index in [0.717, 1.165) is 0 Å². The monoisotopic (exact) mass is 269 g/mol. The Labute approximate surface area is 105 Å². The second-order valence-corrected chi connectivity index (χ2v) is 4.17. The molecule has 0 aliphatic carbocycles. The van der Waals surface area contributed by atoms with E-state index in [4.69, 9.17) is 9.84 Å². The van der Waals surface area contributed by atoms with Crippen LogP contribution in [0.15, 0.2) is 6.33 Å². The molecule has 1 fully saturated rings. The van der Waals surface area contributed by atoms with Crippen molar-refractivity contribution in [2.24, 2.45) is 0 Å². The summed E-state index contributed by atoms with van der Waals surface area (Å²) in [7, 11) is 0. The Balaban J connectivity index is 2.04. The van der Waals surface area contributed by atoms with E-state index in [2.05, 4.69) is 20.4 Å². The number of hydrogen-bond donors (Lipinski definition) is 4. The summed E-state index contributed by atoms with van der Waals surface area (Å²) in [5.41, 5.74) is 0.259. The third kappa shape index (κ3) is 1.73. The van der Waals surface area contributed by atoms with E-state index >= 15 is 0 Å². The highest BCUT2D eigenvalue weighted by Gasteiger charge is 2.44. The summed E-state index contributed by atoms with van der Waals surface area (Å²) in [4.78, 5) is 3.89. The highest BCUT2D eigenvalue weighted by Crippen LogP contribution is 2.31. The van der Waals surface area contributed by atoms with Gasteiger partial charge in [0.15, 0.2) is 17.4 Å². The van der Waals surface area contributed by atoms with E-state index in [-0.39, 0.29) is 11.2 Å². The molecule has 1 aliphatic rings. The van der Waals surface area contributed by atoms with Crippen molar-refractivity contribution in [1.29, 1.82) is 0 Å². The van der Waals surface area contributed by atoms with Gasteiger partial charge in [0.1, 0.15) is 18.3 Å². The summed E-state index contributed by atoms with van der Waals surface area (Å²) in [6, 6.07) is 0.